The zero-order chi connectivity index (χ0) is 18.7. The third-order valence-corrected chi connectivity index (χ3v) is 5.52. The van der Waals surface area contributed by atoms with Crippen molar-refractivity contribution in [1.82, 2.24) is 14.8 Å². The summed E-state index contributed by atoms with van der Waals surface area (Å²) < 4.78 is 0. The van der Waals surface area contributed by atoms with Crippen molar-refractivity contribution < 1.29 is 14.7 Å². The highest BCUT2D eigenvalue weighted by molar-refractivity contribution is 5.80. The molecule has 1 aromatic heterocycles. The maximum Gasteiger partial charge on any atom is 0.231 e. The lowest BCUT2D eigenvalue weighted by molar-refractivity contribution is -0.142. The normalized spacial score (nSPS) is 23.6. The summed E-state index contributed by atoms with van der Waals surface area (Å²) in [6.45, 7) is 4.62. The average Bonchev–Trinajstić information content (AvgIpc) is 2.62. The fourth-order valence-corrected chi connectivity index (χ4v) is 3.98. The molecule has 0 radical (unpaired) electrons. The Labute approximate surface area is 154 Å². The van der Waals surface area contributed by atoms with Crippen LogP contribution in [0.3, 0.4) is 0 Å². The third-order valence-electron chi connectivity index (χ3n) is 5.52. The van der Waals surface area contributed by atoms with Crippen LogP contribution in [0.1, 0.15) is 36.9 Å². The standard InChI is InChI=1S/C19H28N4O3/c1-14-4-5-16(21-11-14)19(26)6-9-23(10-7-19)18(25)15-3-2-8-22(12-15)13-17(20)24/h4-5,11,15,26H,2-3,6-10,12-13H2,1H3,(H2,20,24). The highest BCUT2D eigenvalue weighted by Crippen LogP contribution is 2.32. The van der Waals surface area contributed by atoms with E-state index in [0.717, 1.165) is 24.9 Å². The molecule has 2 amide bonds. The number of hydrogen-bond donors (Lipinski definition) is 2. The molecule has 0 saturated carbocycles. The summed E-state index contributed by atoms with van der Waals surface area (Å²) in [6.07, 6.45) is 4.49. The van der Waals surface area contributed by atoms with Crippen LogP contribution in [0.15, 0.2) is 18.3 Å². The van der Waals surface area contributed by atoms with E-state index < -0.39 is 5.60 Å². The first-order valence-corrected chi connectivity index (χ1v) is 9.32. The van der Waals surface area contributed by atoms with Gasteiger partial charge >= 0.3 is 0 Å². The molecule has 7 nitrogen and oxygen atoms in total. The van der Waals surface area contributed by atoms with Crippen LogP contribution in [0.2, 0.25) is 0 Å². The summed E-state index contributed by atoms with van der Waals surface area (Å²) in [5.41, 5.74) is 6.05. The minimum absolute atomic E-state index is 0.0909. The second kappa shape index (κ2) is 7.72. The molecular formula is C19H28N4O3. The first kappa shape index (κ1) is 18.8. The third kappa shape index (κ3) is 4.22. The number of hydrogen-bond acceptors (Lipinski definition) is 5. The quantitative estimate of drug-likeness (QED) is 0.809. The number of aromatic nitrogens is 1. The molecule has 3 heterocycles. The molecule has 0 bridgehead atoms. The van der Waals surface area contributed by atoms with Gasteiger partial charge in [-0.25, -0.2) is 0 Å². The zero-order valence-electron chi connectivity index (χ0n) is 15.4. The Balaban J connectivity index is 1.58. The van der Waals surface area contributed by atoms with Gasteiger partial charge in [0, 0.05) is 25.8 Å². The first-order valence-electron chi connectivity index (χ1n) is 9.32. The number of aryl methyl sites for hydroxylation is 1. The van der Waals surface area contributed by atoms with Crippen molar-refractivity contribution in [3.05, 3.63) is 29.6 Å². The Morgan fingerprint density at radius 1 is 1.31 bits per heavy atom. The lowest BCUT2D eigenvalue weighted by Gasteiger charge is -2.40. The van der Waals surface area contributed by atoms with Gasteiger partial charge in [0.15, 0.2) is 0 Å². The minimum atomic E-state index is -0.963. The fourth-order valence-electron chi connectivity index (χ4n) is 3.98. The molecule has 2 aliphatic heterocycles. The van der Waals surface area contributed by atoms with E-state index in [4.69, 9.17) is 5.73 Å². The topological polar surface area (TPSA) is 99.8 Å². The van der Waals surface area contributed by atoms with Gasteiger partial charge in [-0.15, -0.1) is 0 Å². The van der Waals surface area contributed by atoms with Gasteiger partial charge in [-0.2, -0.15) is 0 Å². The molecule has 3 rings (SSSR count). The van der Waals surface area contributed by atoms with Crippen molar-refractivity contribution in [2.75, 3.05) is 32.7 Å². The monoisotopic (exact) mass is 360 g/mol. The molecule has 0 aromatic carbocycles. The largest absolute Gasteiger partial charge is 0.383 e. The van der Waals surface area contributed by atoms with E-state index in [-0.39, 0.29) is 24.3 Å². The summed E-state index contributed by atoms with van der Waals surface area (Å²) in [5.74, 6) is -0.323. The number of primary amides is 1. The molecule has 1 aromatic rings. The number of aliphatic hydroxyl groups is 1. The number of pyridine rings is 1. The minimum Gasteiger partial charge on any atom is -0.383 e. The Morgan fingerprint density at radius 3 is 2.65 bits per heavy atom. The van der Waals surface area contributed by atoms with Crippen molar-refractivity contribution in [3.63, 3.8) is 0 Å². The van der Waals surface area contributed by atoms with Crippen molar-refractivity contribution in [1.29, 1.82) is 0 Å². The molecular weight excluding hydrogens is 332 g/mol. The Bertz CT molecular complexity index is 653. The highest BCUT2D eigenvalue weighted by atomic mass is 16.3. The molecule has 0 aliphatic carbocycles. The summed E-state index contributed by atoms with van der Waals surface area (Å²) in [7, 11) is 0. The maximum absolute atomic E-state index is 12.9. The predicted molar refractivity (Wildman–Crippen MR) is 97.0 cm³/mol. The highest BCUT2D eigenvalue weighted by Gasteiger charge is 2.38. The van der Waals surface area contributed by atoms with E-state index >= 15 is 0 Å². The lowest BCUT2D eigenvalue weighted by atomic mass is 9.86. The Hall–Kier alpha value is -1.99. The number of nitrogens with two attached hydrogens (primary N) is 1. The van der Waals surface area contributed by atoms with E-state index in [2.05, 4.69) is 4.98 Å². The zero-order valence-corrected chi connectivity index (χ0v) is 15.4. The molecule has 2 saturated heterocycles. The summed E-state index contributed by atoms with van der Waals surface area (Å²) in [5, 5.41) is 10.9. The van der Waals surface area contributed by atoms with Crippen molar-refractivity contribution in [2.45, 2.75) is 38.2 Å². The molecule has 1 unspecified atom stereocenters. The Morgan fingerprint density at radius 2 is 2.04 bits per heavy atom. The van der Waals surface area contributed by atoms with Crippen molar-refractivity contribution in [2.24, 2.45) is 11.7 Å². The van der Waals surface area contributed by atoms with Crippen LogP contribution in [0.25, 0.3) is 0 Å². The van der Waals surface area contributed by atoms with E-state index in [0.29, 0.717) is 38.2 Å². The van der Waals surface area contributed by atoms with Crippen LogP contribution in [0.5, 0.6) is 0 Å². The molecule has 2 fully saturated rings. The van der Waals surface area contributed by atoms with Crippen molar-refractivity contribution >= 4 is 11.8 Å². The number of amides is 2. The SMILES string of the molecule is Cc1ccc(C2(O)CCN(C(=O)C3CCCN(CC(N)=O)C3)CC2)nc1. The van der Waals surface area contributed by atoms with Gasteiger partial charge in [-0.05, 0) is 50.8 Å². The number of carbonyl (C=O) groups excluding carboxylic acids is 2. The van der Waals surface area contributed by atoms with E-state index in [9.17, 15) is 14.7 Å². The van der Waals surface area contributed by atoms with Gasteiger partial charge in [0.1, 0.15) is 5.60 Å². The molecule has 142 valence electrons. The number of carbonyl (C=O) groups is 2. The first-order chi connectivity index (χ1) is 12.4. The van der Waals surface area contributed by atoms with E-state index in [1.807, 2.05) is 28.9 Å². The smallest absolute Gasteiger partial charge is 0.231 e. The maximum atomic E-state index is 12.9. The van der Waals surface area contributed by atoms with Crippen LogP contribution in [0.4, 0.5) is 0 Å². The van der Waals surface area contributed by atoms with Crippen LogP contribution in [-0.4, -0.2) is 64.4 Å². The van der Waals surface area contributed by atoms with Gasteiger partial charge in [0.05, 0.1) is 18.2 Å². The number of piperidine rings is 2. The number of rotatable bonds is 4. The molecule has 2 aliphatic rings. The van der Waals surface area contributed by atoms with E-state index in [1.165, 1.54) is 0 Å². The number of nitrogens with zero attached hydrogens (tertiary/aromatic N) is 3. The van der Waals surface area contributed by atoms with Crippen LogP contribution in [0, 0.1) is 12.8 Å². The van der Waals surface area contributed by atoms with Gasteiger partial charge < -0.3 is 15.7 Å². The second-order valence-electron chi connectivity index (χ2n) is 7.62. The van der Waals surface area contributed by atoms with Gasteiger partial charge in [0.25, 0.3) is 0 Å². The lowest BCUT2D eigenvalue weighted by Crippen LogP contribution is -2.51. The van der Waals surface area contributed by atoms with Gasteiger partial charge in [-0.3, -0.25) is 19.5 Å². The number of likely N-dealkylation sites (tertiary alicyclic amines) is 2. The average molecular weight is 360 g/mol. The van der Waals surface area contributed by atoms with Gasteiger partial charge in [-0.1, -0.05) is 6.07 Å². The second-order valence-corrected chi connectivity index (χ2v) is 7.62. The van der Waals surface area contributed by atoms with Crippen LogP contribution < -0.4 is 5.73 Å². The van der Waals surface area contributed by atoms with Crippen LogP contribution in [-0.2, 0) is 15.2 Å². The Kier molecular flexibility index (Phi) is 5.58. The molecule has 7 heteroatoms. The fraction of sp³-hybridized carbons (Fsp3) is 0.632. The van der Waals surface area contributed by atoms with Crippen LogP contribution >= 0.6 is 0 Å². The molecule has 0 spiro atoms. The van der Waals surface area contributed by atoms with E-state index in [1.54, 1.807) is 6.20 Å². The summed E-state index contributed by atoms with van der Waals surface area (Å²) >= 11 is 0. The molecule has 1 atom stereocenters. The molecule has 26 heavy (non-hydrogen) atoms. The molecule has 3 N–H and O–H groups in total. The summed E-state index contributed by atoms with van der Waals surface area (Å²) in [6, 6.07) is 3.82. The summed E-state index contributed by atoms with van der Waals surface area (Å²) in [4.78, 5) is 32.2. The van der Waals surface area contributed by atoms with Gasteiger partial charge in [0.2, 0.25) is 11.8 Å². The van der Waals surface area contributed by atoms with Crippen molar-refractivity contribution in [3.8, 4) is 0 Å². The predicted octanol–water partition coefficient (Wildman–Crippen LogP) is 0.397.